The lowest BCUT2D eigenvalue weighted by molar-refractivity contribution is -0.0429. The molecule has 0 saturated carbocycles. The van der Waals surface area contributed by atoms with Gasteiger partial charge in [0.25, 0.3) is 5.13 Å². The smallest absolute Gasteiger partial charge is 0.372 e. The number of halogens is 3. The van der Waals surface area contributed by atoms with Gasteiger partial charge >= 0.3 is 15.5 Å². The number of alkyl halides is 3. The van der Waals surface area contributed by atoms with Gasteiger partial charge in [-0.05, 0) is 31.9 Å². The second-order valence-electron chi connectivity index (χ2n) is 5.61. The number of nitrogens with one attached hydrogen (secondary N) is 1. The first-order valence-corrected chi connectivity index (χ1v) is 10.3. The quantitative estimate of drug-likeness (QED) is 0.738. The number of hydrogen-bond donors (Lipinski definition) is 1. The molecular weight excluding hydrogens is 405 g/mol. The molecule has 27 heavy (non-hydrogen) atoms. The molecule has 146 valence electrons. The van der Waals surface area contributed by atoms with Crippen LogP contribution in [0.4, 0.5) is 35.4 Å². The van der Waals surface area contributed by atoms with Gasteiger partial charge in [-0.3, -0.25) is 4.72 Å². The van der Waals surface area contributed by atoms with E-state index in [4.69, 9.17) is 0 Å². The lowest BCUT2D eigenvalue weighted by atomic mass is 9.99. The fourth-order valence-electron chi connectivity index (χ4n) is 2.77. The van der Waals surface area contributed by atoms with E-state index in [1.807, 2.05) is 11.8 Å². The molecule has 0 amide bonds. The summed E-state index contributed by atoms with van der Waals surface area (Å²) in [5.74, 6) is 0. The van der Waals surface area contributed by atoms with Crippen LogP contribution in [-0.4, -0.2) is 37.2 Å². The van der Waals surface area contributed by atoms with Crippen molar-refractivity contribution in [2.24, 2.45) is 10.2 Å². The second kappa shape index (κ2) is 7.38. The molecule has 0 aliphatic carbocycles. The van der Waals surface area contributed by atoms with Gasteiger partial charge < -0.3 is 4.90 Å². The third kappa shape index (κ3) is 4.03. The Bertz CT molecular complexity index is 945. The van der Waals surface area contributed by atoms with Crippen LogP contribution in [0.2, 0.25) is 0 Å². The van der Waals surface area contributed by atoms with Crippen molar-refractivity contribution >= 4 is 43.6 Å². The van der Waals surface area contributed by atoms with Crippen LogP contribution < -0.4 is 9.62 Å². The van der Waals surface area contributed by atoms with Crippen LogP contribution in [0.3, 0.4) is 0 Å². The van der Waals surface area contributed by atoms with Crippen molar-refractivity contribution < 1.29 is 21.6 Å². The number of aromatic nitrogens is 2. The Morgan fingerprint density at radius 3 is 2.74 bits per heavy atom. The first-order chi connectivity index (χ1) is 12.7. The van der Waals surface area contributed by atoms with Crippen molar-refractivity contribution in [2.75, 3.05) is 22.7 Å². The minimum atomic E-state index is -5.60. The molecule has 3 rings (SSSR count). The predicted octanol–water partition coefficient (Wildman–Crippen LogP) is 3.99. The number of sulfonamides is 1. The van der Waals surface area contributed by atoms with Gasteiger partial charge in [-0.2, -0.15) is 21.6 Å². The SMILES string of the molecule is CCN1CCCc2c1ccc(N=Nc1nncs1)c2NS(=O)(=O)C(F)(F)F. The minimum absolute atomic E-state index is 0.0188. The molecule has 0 saturated heterocycles. The average Bonchev–Trinajstić information content (AvgIpc) is 3.12. The molecule has 0 atom stereocenters. The normalized spacial score (nSPS) is 15.2. The fourth-order valence-corrected chi connectivity index (χ4v) is 3.75. The zero-order valence-electron chi connectivity index (χ0n) is 14.1. The first kappa shape index (κ1) is 19.5. The Balaban J connectivity index is 2.10. The third-order valence-electron chi connectivity index (χ3n) is 3.98. The summed E-state index contributed by atoms with van der Waals surface area (Å²) in [7, 11) is -5.60. The number of fused-ring (bicyclic) bond motifs is 1. The van der Waals surface area contributed by atoms with E-state index in [2.05, 4.69) is 20.4 Å². The van der Waals surface area contributed by atoms with Crippen molar-refractivity contribution in [1.82, 2.24) is 10.2 Å². The van der Waals surface area contributed by atoms with Gasteiger partial charge in [0, 0.05) is 24.3 Å². The Hall–Kier alpha value is -2.28. The molecule has 1 aliphatic rings. The Morgan fingerprint density at radius 1 is 1.33 bits per heavy atom. The topological polar surface area (TPSA) is 99.9 Å². The largest absolute Gasteiger partial charge is 0.516 e. The van der Waals surface area contributed by atoms with Crippen LogP contribution in [0.5, 0.6) is 0 Å². The highest BCUT2D eigenvalue weighted by Gasteiger charge is 2.46. The van der Waals surface area contributed by atoms with E-state index in [-0.39, 0.29) is 16.5 Å². The number of rotatable bonds is 5. The summed E-state index contributed by atoms with van der Waals surface area (Å²) in [5.41, 5.74) is -3.11. The maximum absolute atomic E-state index is 12.9. The molecule has 1 aliphatic heterocycles. The third-order valence-corrected chi connectivity index (χ3v) is 5.63. The van der Waals surface area contributed by atoms with Crippen LogP contribution in [-0.2, 0) is 16.4 Å². The van der Waals surface area contributed by atoms with Crippen LogP contribution in [0.25, 0.3) is 0 Å². The monoisotopic (exact) mass is 420 g/mol. The predicted molar refractivity (Wildman–Crippen MR) is 95.3 cm³/mol. The fraction of sp³-hybridized carbons (Fsp3) is 0.429. The highest BCUT2D eigenvalue weighted by molar-refractivity contribution is 7.93. The summed E-state index contributed by atoms with van der Waals surface area (Å²) in [5, 5.41) is 15.2. The summed E-state index contributed by atoms with van der Waals surface area (Å²) in [6.07, 6.45) is 1.10. The van der Waals surface area contributed by atoms with Crippen LogP contribution in [0, 0.1) is 0 Å². The summed E-state index contributed by atoms with van der Waals surface area (Å²) >= 11 is 1.09. The average molecular weight is 420 g/mol. The Kier molecular flexibility index (Phi) is 5.33. The molecule has 2 aromatic rings. The lowest BCUT2D eigenvalue weighted by Gasteiger charge is -2.32. The zero-order valence-corrected chi connectivity index (χ0v) is 15.7. The van der Waals surface area contributed by atoms with E-state index in [0.717, 1.165) is 17.9 Å². The molecule has 8 nitrogen and oxygen atoms in total. The standard InChI is InChI=1S/C14H15F3N6O2S2/c1-2-23-7-3-4-9-11(23)6-5-10(19-21-13-20-18-8-26-13)12(9)22-27(24,25)14(15,16)17/h5-6,8,22H,2-4,7H2,1H3. The molecule has 0 radical (unpaired) electrons. The van der Waals surface area contributed by atoms with Crippen LogP contribution in [0.15, 0.2) is 27.9 Å². The number of nitrogens with zero attached hydrogens (tertiary/aromatic N) is 5. The van der Waals surface area contributed by atoms with E-state index in [1.54, 1.807) is 10.8 Å². The summed E-state index contributed by atoms with van der Waals surface area (Å²) in [4.78, 5) is 1.97. The van der Waals surface area contributed by atoms with Crippen molar-refractivity contribution in [2.45, 2.75) is 25.3 Å². The molecule has 0 fully saturated rings. The second-order valence-corrected chi connectivity index (χ2v) is 8.10. The van der Waals surface area contributed by atoms with Crippen molar-refractivity contribution in [3.8, 4) is 0 Å². The molecule has 1 aromatic carbocycles. The first-order valence-electron chi connectivity index (χ1n) is 7.90. The minimum Gasteiger partial charge on any atom is -0.372 e. The number of azo groups is 1. The molecule has 1 N–H and O–H groups in total. The van der Waals surface area contributed by atoms with Gasteiger partial charge in [0.1, 0.15) is 11.2 Å². The van der Waals surface area contributed by atoms with Crippen LogP contribution >= 0.6 is 11.3 Å². The maximum atomic E-state index is 12.9. The van der Waals surface area contributed by atoms with Gasteiger partial charge in [0.05, 0.1) is 5.69 Å². The summed E-state index contributed by atoms with van der Waals surface area (Å²) < 4.78 is 63.8. The van der Waals surface area contributed by atoms with E-state index in [1.165, 1.54) is 11.6 Å². The van der Waals surface area contributed by atoms with Gasteiger partial charge in [-0.15, -0.1) is 20.4 Å². The summed E-state index contributed by atoms with van der Waals surface area (Å²) in [6, 6.07) is 3.14. The Labute approximate surface area is 157 Å². The zero-order chi connectivity index (χ0) is 19.7. The number of benzene rings is 1. The molecule has 2 heterocycles. The maximum Gasteiger partial charge on any atom is 0.516 e. The summed E-state index contributed by atoms with van der Waals surface area (Å²) in [6.45, 7) is 3.29. The van der Waals surface area contributed by atoms with E-state index < -0.39 is 15.5 Å². The van der Waals surface area contributed by atoms with Gasteiger partial charge in [0.15, 0.2) is 0 Å². The highest BCUT2D eigenvalue weighted by atomic mass is 32.2. The molecule has 0 bridgehead atoms. The van der Waals surface area contributed by atoms with Crippen molar-refractivity contribution in [1.29, 1.82) is 0 Å². The Morgan fingerprint density at radius 2 is 2.11 bits per heavy atom. The van der Waals surface area contributed by atoms with E-state index in [9.17, 15) is 21.6 Å². The molecular formula is C14H15F3N6O2S2. The van der Waals surface area contributed by atoms with Gasteiger partial charge in [-0.25, -0.2) is 0 Å². The number of anilines is 2. The van der Waals surface area contributed by atoms with E-state index in [0.29, 0.717) is 30.6 Å². The number of hydrogen-bond acceptors (Lipinski definition) is 8. The van der Waals surface area contributed by atoms with Crippen LogP contribution in [0.1, 0.15) is 18.9 Å². The lowest BCUT2D eigenvalue weighted by Crippen LogP contribution is -2.32. The molecule has 0 spiro atoms. The van der Waals surface area contributed by atoms with Gasteiger partial charge in [-0.1, -0.05) is 11.3 Å². The van der Waals surface area contributed by atoms with Gasteiger partial charge in [0.2, 0.25) is 0 Å². The van der Waals surface area contributed by atoms with Crippen molar-refractivity contribution in [3.05, 3.63) is 23.2 Å². The highest BCUT2D eigenvalue weighted by Crippen LogP contribution is 2.41. The molecule has 13 heteroatoms. The molecule has 1 aromatic heterocycles. The van der Waals surface area contributed by atoms with E-state index >= 15 is 0 Å². The molecule has 0 unspecified atom stereocenters. The van der Waals surface area contributed by atoms with Crippen molar-refractivity contribution in [3.63, 3.8) is 0 Å².